The number of hydrogen-bond donors (Lipinski definition) is 3. The third-order valence-electron chi connectivity index (χ3n) is 7.63. The molecule has 1 aliphatic carbocycles. The Morgan fingerprint density at radius 3 is 2.14 bits per heavy atom. The number of carbonyl (C=O) groups is 1. The Kier molecular flexibility index (Phi) is 9.17. The van der Waals surface area contributed by atoms with Crippen LogP contribution in [-0.4, -0.2) is 60.7 Å². The number of nitrogens with zero attached hydrogens (tertiary/aromatic N) is 1. The quantitative estimate of drug-likeness (QED) is 0.277. The van der Waals surface area contributed by atoms with Gasteiger partial charge >= 0.3 is 12.1 Å². The molecule has 0 aliphatic heterocycles. The van der Waals surface area contributed by atoms with Gasteiger partial charge in [0.15, 0.2) is 0 Å². The van der Waals surface area contributed by atoms with Crippen molar-refractivity contribution in [2.75, 3.05) is 20.1 Å². The van der Waals surface area contributed by atoms with Gasteiger partial charge in [-0.1, -0.05) is 36.4 Å². The second kappa shape index (κ2) is 12.2. The Labute approximate surface area is 244 Å². The molecule has 42 heavy (non-hydrogen) atoms. The fourth-order valence-electron chi connectivity index (χ4n) is 5.51. The summed E-state index contributed by atoms with van der Waals surface area (Å²) in [6.07, 6.45) is -3.13. The van der Waals surface area contributed by atoms with E-state index in [0.717, 1.165) is 35.7 Å². The van der Waals surface area contributed by atoms with Gasteiger partial charge in [0.05, 0.1) is 22.1 Å². The van der Waals surface area contributed by atoms with Crippen LogP contribution >= 0.6 is 0 Å². The van der Waals surface area contributed by atoms with Gasteiger partial charge in [0.1, 0.15) is 0 Å². The summed E-state index contributed by atoms with van der Waals surface area (Å²) in [5.74, 6) is -0.753. The van der Waals surface area contributed by atoms with Crippen molar-refractivity contribution in [3.8, 4) is 11.1 Å². The summed E-state index contributed by atoms with van der Waals surface area (Å²) in [7, 11) is -3.21. The average Bonchev–Trinajstić information content (AvgIpc) is 3.32. The molecule has 7 nitrogen and oxygen atoms in total. The summed E-state index contributed by atoms with van der Waals surface area (Å²) < 4.78 is 68.8. The van der Waals surface area contributed by atoms with Gasteiger partial charge in [0, 0.05) is 25.7 Å². The topological polar surface area (TPSA) is 107 Å². The number of sulfonamides is 1. The van der Waals surface area contributed by atoms with Crippen molar-refractivity contribution in [1.82, 2.24) is 9.62 Å². The molecule has 0 fully saturated rings. The number of β-amino-alcohol motifs (C(OH)–C–C–N with tert-alkyl or cyclic N) is 1. The first-order valence-corrected chi connectivity index (χ1v) is 15.0. The number of aliphatic hydroxyl groups excluding tert-OH is 1. The van der Waals surface area contributed by atoms with Crippen LogP contribution in [0.2, 0.25) is 0 Å². The third-order valence-corrected chi connectivity index (χ3v) is 9.43. The van der Waals surface area contributed by atoms with E-state index in [1.54, 1.807) is 0 Å². The van der Waals surface area contributed by atoms with E-state index in [1.807, 2.05) is 26.0 Å². The molecule has 0 bridgehead atoms. The van der Waals surface area contributed by atoms with Gasteiger partial charge < -0.3 is 15.5 Å². The molecule has 0 amide bonds. The lowest BCUT2D eigenvalue weighted by Gasteiger charge is -2.31. The molecule has 3 aromatic carbocycles. The van der Waals surface area contributed by atoms with Crippen LogP contribution in [0.3, 0.4) is 0 Å². The normalized spacial score (nSPS) is 15.1. The Balaban J connectivity index is 1.44. The lowest BCUT2D eigenvalue weighted by molar-refractivity contribution is -0.137. The maximum Gasteiger partial charge on any atom is 0.416 e. The largest absolute Gasteiger partial charge is 0.478 e. The number of rotatable bonds is 11. The van der Waals surface area contributed by atoms with Gasteiger partial charge in [-0.3, -0.25) is 0 Å². The first-order valence-electron chi connectivity index (χ1n) is 13.6. The summed E-state index contributed by atoms with van der Waals surface area (Å²) in [5.41, 5.74) is 1.33. The molecule has 0 spiro atoms. The Morgan fingerprint density at radius 2 is 1.60 bits per heavy atom. The number of likely N-dealkylation sites (N-methyl/N-ethyl adjacent to an activating group) is 1. The molecular weight excluding hydrogens is 569 g/mol. The second-order valence-corrected chi connectivity index (χ2v) is 13.6. The number of nitrogens with one attached hydrogen (secondary N) is 1. The van der Waals surface area contributed by atoms with Crippen LogP contribution < -0.4 is 5.32 Å². The van der Waals surface area contributed by atoms with Crippen LogP contribution in [0.4, 0.5) is 13.2 Å². The van der Waals surface area contributed by atoms with Gasteiger partial charge in [-0.2, -0.15) is 17.5 Å². The van der Waals surface area contributed by atoms with Crippen molar-refractivity contribution in [3.63, 3.8) is 0 Å². The minimum absolute atomic E-state index is 0.0354. The maximum absolute atomic E-state index is 13.7. The predicted molar refractivity (Wildman–Crippen MR) is 154 cm³/mol. The zero-order valence-corrected chi connectivity index (χ0v) is 24.5. The number of aliphatic hydroxyl groups is 1. The molecular formula is C31H35F3N2O5S. The minimum atomic E-state index is -4.82. The van der Waals surface area contributed by atoms with Crippen molar-refractivity contribution in [2.24, 2.45) is 5.92 Å². The number of halogens is 3. The molecule has 1 atom stereocenters. The van der Waals surface area contributed by atoms with E-state index in [1.165, 1.54) is 42.4 Å². The third kappa shape index (κ3) is 7.57. The van der Waals surface area contributed by atoms with Gasteiger partial charge in [-0.15, -0.1) is 0 Å². The zero-order valence-electron chi connectivity index (χ0n) is 23.6. The first-order chi connectivity index (χ1) is 19.5. The van der Waals surface area contributed by atoms with E-state index in [0.29, 0.717) is 12.0 Å². The van der Waals surface area contributed by atoms with Crippen molar-refractivity contribution in [2.45, 2.75) is 55.8 Å². The van der Waals surface area contributed by atoms with E-state index in [4.69, 9.17) is 5.11 Å². The molecule has 0 saturated carbocycles. The summed E-state index contributed by atoms with van der Waals surface area (Å²) in [4.78, 5) is 10.6. The van der Waals surface area contributed by atoms with Crippen molar-refractivity contribution < 1.29 is 36.6 Å². The highest BCUT2D eigenvalue weighted by molar-refractivity contribution is 7.89. The maximum atomic E-state index is 13.7. The summed E-state index contributed by atoms with van der Waals surface area (Å²) >= 11 is 0. The monoisotopic (exact) mass is 604 g/mol. The van der Waals surface area contributed by atoms with Crippen LogP contribution in [0.5, 0.6) is 0 Å². The summed E-state index contributed by atoms with van der Waals surface area (Å²) in [5, 5.41) is 23.1. The number of fused-ring (bicyclic) bond motifs is 1. The molecule has 11 heteroatoms. The molecule has 226 valence electrons. The van der Waals surface area contributed by atoms with E-state index in [9.17, 15) is 31.5 Å². The molecule has 3 N–H and O–H groups in total. The second-order valence-electron chi connectivity index (χ2n) is 11.6. The lowest BCUT2D eigenvalue weighted by atomic mass is 9.88. The number of carboxylic acids is 1. The van der Waals surface area contributed by atoms with Crippen LogP contribution in [0.1, 0.15) is 47.3 Å². The van der Waals surface area contributed by atoms with Gasteiger partial charge in [-0.05, 0) is 91.6 Å². The van der Waals surface area contributed by atoms with E-state index < -0.39 is 38.7 Å². The molecule has 0 radical (unpaired) electrons. The number of hydrogen-bond acceptors (Lipinski definition) is 5. The molecule has 1 unspecified atom stereocenters. The summed E-state index contributed by atoms with van der Waals surface area (Å²) in [6.45, 7) is 3.81. The molecule has 0 aromatic heterocycles. The predicted octanol–water partition coefficient (Wildman–Crippen LogP) is 5.23. The molecule has 3 aromatic rings. The highest BCUT2D eigenvalue weighted by atomic mass is 32.2. The van der Waals surface area contributed by atoms with Crippen molar-refractivity contribution in [1.29, 1.82) is 0 Å². The molecule has 4 rings (SSSR count). The number of carboxylic acid groups (broad SMARTS) is 1. The Hall–Kier alpha value is -3.25. The van der Waals surface area contributed by atoms with Crippen molar-refractivity contribution >= 4 is 16.0 Å². The molecule has 0 saturated heterocycles. The van der Waals surface area contributed by atoms with E-state index in [2.05, 4.69) is 17.4 Å². The van der Waals surface area contributed by atoms with Crippen molar-refractivity contribution in [3.05, 3.63) is 89.0 Å². The SMILES string of the molecule is CN(CC(O)CNC(C)(C)CC1Cc2ccccc2C1)S(=O)(=O)c1cc(-c2ccc(C(=O)O)cc2)cc(C(F)(F)F)c1. The standard InChI is InChI=1S/C31H35F3N2O5S/c1-30(2,17-20-12-23-6-4-5-7-24(23)13-20)35-18-27(37)19-36(3)42(40,41)28-15-25(14-26(16-28)31(32,33)34)21-8-10-22(11-9-21)29(38)39/h4-11,14-16,20,27,35,37H,12-13,17-19H2,1-3H3,(H,38,39). The van der Waals surface area contributed by atoms with Gasteiger partial charge in [0.25, 0.3) is 0 Å². The summed E-state index contributed by atoms with van der Waals surface area (Å²) in [6, 6.07) is 15.9. The fraction of sp³-hybridized carbons (Fsp3) is 0.387. The molecule has 0 heterocycles. The van der Waals surface area contributed by atoms with Crippen LogP contribution in [0.15, 0.2) is 71.6 Å². The first kappa shape index (κ1) is 31.7. The highest BCUT2D eigenvalue weighted by Crippen LogP contribution is 2.36. The van der Waals surface area contributed by atoms with Gasteiger partial charge in [0.2, 0.25) is 10.0 Å². The Morgan fingerprint density at radius 1 is 1.00 bits per heavy atom. The zero-order chi connectivity index (χ0) is 30.9. The smallest absolute Gasteiger partial charge is 0.416 e. The number of aromatic carboxylic acids is 1. The van der Waals surface area contributed by atoms with Gasteiger partial charge in [-0.25, -0.2) is 13.2 Å². The molecule has 1 aliphatic rings. The van der Waals surface area contributed by atoms with E-state index >= 15 is 0 Å². The number of alkyl halides is 3. The van der Waals surface area contributed by atoms with Crippen LogP contribution in [0, 0.1) is 5.92 Å². The lowest BCUT2D eigenvalue weighted by Crippen LogP contribution is -2.47. The number of benzene rings is 3. The van der Waals surface area contributed by atoms with Crippen LogP contribution in [-0.2, 0) is 29.0 Å². The highest BCUT2D eigenvalue weighted by Gasteiger charge is 2.34. The fourth-order valence-corrected chi connectivity index (χ4v) is 6.79. The Bertz CT molecular complexity index is 1510. The average molecular weight is 605 g/mol. The van der Waals surface area contributed by atoms with Crippen LogP contribution in [0.25, 0.3) is 11.1 Å². The minimum Gasteiger partial charge on any atom is -0.478 e. The van der Waals surface area contributed by atoms with E-state index in [-0.39, 0.29) is 35.3 Å².